The van der Waals surface area contributed by atoms with E-state index < -0.39 is 10.8 Å². The largest absolute Gasteiger partial charge is 0.396 e. The zero-order valence-electron chi connectivity index (χ0n) is 12.6. The van der Waals surface area contributed by atoms with Crippen molar-refractivity contribution in [2.75, 3.05) is 5.73 Å². The second-order valence-electron chi connectivity index (χ2n) is 4.71. The molecular formula is C14H10Cl3N5O3. The van der Waals surface area contributed by atoms with Gasteiger partial charge in [0.1, 0.15) is 5.02 Å². The molecule has 0 aliphatic carbocycles. The maximum Gasteiger partial charge on any atom is 0.291 e. The number of nitrogens with one attached hydrogen (secondary N) is 1. The first-order valence-corrected chi connectivity index (χ1v) is 7.75. The predicted molar refractivity (Wildman–Crippen MR) is 96.5 cm³/mol. The summed E-state index contributed by atoms with van der Waals surface area (Å²) >= 11 is 17.5. The number of aromatic nitrogens is 1. The molecule has 8 nitrogen and oxygen atoms in total. The van der Waals surface area contributed by atoms with Gasteiger partial charge in [0.25, 0.3) is 11.6 Å². The molecule has 0 aliphatic heterocycles. The SMILES string of the molecule is C/C(=N/NC(=O)c1nc(Cl)c(Cl)c(N)c1Cl)c1ccccc1[N+](=O)[O-]. The maximum absolute atomic E-state index is 12.2. The van der Waals surface area contributed by atoms with Crippen LogP contribution < -0.4 is 11.2 Å². The Balaban J connectivity index is 2.31. The highest BCUT2D eigenvalue weighted by molar-refractivity contribution is 6.46. The lowest BCUT2D eigenvalue weighted by Gasteiger charge is -2.08. The number of nitrogen functional groups attached to an aromatic ring is 1. The van der Waals surface area contributed by atoms with Gasteiger partial charge in [-0.25, -0.2) is 10.4 Å². The van der Waals surface area contributed by atoms with Crippen LogP contribution in [0.5, 0.6) is 0 Å². The van der Waals surface area contributed by atoms with Crippen LogP contribution >= 0.6 is 34.8 Å². The quantitative estimate of drug-likeness (QED) is 0.349. The van der Waals surface area contributed by atoms with Gasteiger partial charge < -0.3 is 5.73 Å². The number of amides is 1. The summed E-state index contributed by atoms with van der Waals surface area (Å²) in [5.41, 5.74) is 7.80. The van der Waals surface area contributed by atoms with E-state index in [0.29, 0.717) is 0 Å². The molecule has 1 heterocycles. The topological polar surface area (TPSA) is 124 Å². The Morgan fingerprint density at radius 2 is 1.92 bits per heavy atom. The van der Waals surface area contributed by atoms with Crippen LogP contribution in [0.3, 0.4) is 0 Å². The van der Waals surface area contributed by atoms with Gasteiger partial charge in [-0.3, -0.25) is 14.9 Å². The van der Waals surface area contributed by atoms with Gasteiger partial charge in [0, 0.05) is 6.07 Å². The first-order valence-electron chi connectivity index (χ1n) is 6.62. The van der Waals surface area contributed by atoms with Crippen LogP contribution in [0.1, 0.15) is 23.0 Å². The van der Waals surface area contributed by atoms with Gasteiger partial charge in [-0.2, -0.15) is 5.10 Å². The van der Waals surface area contributed by atoms with Crippen molar-refractivity contribution < 1.29 is 9.72 Å². The number of para-hydroxylation sites is 1. The van der Waals surface area contributed by atoms with Gasteiger partial charge in [-0.1, -0.05) is 46.9 Å². The van der Waals surface area contributed by atoms with E-state index in [1.807, 2.05) is 0 Å². The highest BCUT2D eigenvalue weighted by atomic mass is 35.5. The Kier molecular flexibility index (Phi) is 5.78. The predicted octanol–water partition coefficient (Wildman–Crippen LogP) is 3.69. The zero-order chi connectivity index (χ0) is 18.7. The van der Waals surface area contributed by atoms with Gasteiger partial charge in [0.15, 0.2) is 10.8 Å². The minimum absolute atomic E-state index is 0.0668. The van der Waals surface area contributed by atoms with Crippen LogP contribution in [0.25, 0.3) is 0 Å². The summed E-state index contributed by atoms with van der Waals surface area (Å²) < 4.78 is 0. The first-order chi connectivity index (χ1) is 11.7. The third-order valence-electron chi connectivity index (χ3n) is 3.10. The zero-order valence-corrected chi connectivity index (χ0v) is 14.9. The number of nitrogens with zero attached hydrogens (tertiary/aromatic N) is 3. The molecule has 2 rings (SSSR count). The van der Waals surface area contributed by atoms with Gasteiger partial charge in [0.2, 0.25) is 0 Å². The number of halogens is 3. The average molecular weight is 403 g/mol. The molecule has 0 unspecified atom stereocenters. The lowest BCUT2D eigenvalue weighted by Crippen LogP contribution is -2.22. The van der Waals surface area contributed by atoms with Crippen molar-refractivity contribution >= 4 is 57.8 Å². The standard InChI is InChI=1S/C14H10Cl3N5O3/c1-6(7-4-2-3-5-8(7)22(24)25)20-21-14(23)12-9(15)11(18)10(16)13(17)19-12/h2-5H,1H3,(H2,18,19)(H,21,23)/b20-6-. The highest BCUT2D eigenvalue weighted by Crippen LogP contribution is 2.34. The van der Waals surface area contributed by atoms with Crippen LogP contribution in [-0.2, 0) is 0 Å². The molecule has 0 saturated heterocycles. The lowest BCUT2D eigenvalue weighted by atomic mass is 10.1. The minimum Gasteiger partial charge on any atom is -0.396 e. The highest BCUT2D eigenvalue weighted by Gasteiger charge is 2.20. The van der Waals surface area contributed by atoms with Gasteiger partial charge in [0.05, 0.1) is 26.9 Å². The van der Waals surface area contributed by atoms with Gasteiger partial charge >= 0.3 is 0 Å². The third-order valence-corrected chi connectivity index (χ3v) is 4.24. The van der Waals surface area contributed by atoms with Crippen LogP contribution in [0.15, 0.2) is 29.4 Å². The first kappa shape index (κ1) is 18.9. The molecule has 0 saturated carbocycles. The number of benzene rings is 1. The van der Waals surface area contributed by atoms with Crippen molar-refractivity contribution in [2.24, 2.45) is 5.10 Å². The van der Waals surface area contributed by atoms with E-state index in [-0.39, 0.29) is 43.5 Å². The summed E-state index contributed by atoms with van der Waals surface area (Å²) in [7, 11) is 0. The molecule has 11 heteroatoms. The molecule has 3 N–H and O–H groups in total. The summed E-state index contributed by atoms with van der Waals surface area (Å²) in [6.07, 6.45) is 0. The van der Waals surface area contributed by atoms with E-state index in [1.165, 1.54) is 25.1 Å². The Labute approximate surface area is 156 Å². The lowest BCUT2D eigenvalue weighted by molar-refractivity contribution is -0.385. The van der Waals surface area contributed by atoms with Crippen molar-refractivity contribution in [3.05, 3.63) is 60.8 Å². The Hall–Kier alpha value is -2.42. The fraction of sp³-hybridized carbons (Fsp3) is 0.0714. The van der Waals surface area contributed by atoms with Crippen molar-refractivity contribution in [1.29, 1.82) is 0 Å². The van der Waals surface area contributed by atoms with Gasteiger partial charge in [-0.15, -0.1) is 0 Å². The molecule has 0 aliphatic rings. The molecule has 2 aromatic rings. The summed E-state index contributed by atoms with van der Waals surface area (Å²) in [6, 6.07) is 5.97. The van der Waals surface area contributed by atoms with Gasteiger partial charge in [-0.05, 0) is 13.0 Å². The number of nitro benzene ring substituents is 1. The molecule has 0 fully saturated rings. The third kappa shape index (κ3) is 3.98. The number of anilines is 1. The second-order valence-corrected chi connectivity index (χ2v) is 5.82. The van der Waals surface area contributed by atoms with E-state index >= 15 is 0 Å². The average Bonchev–Trinajstić information content (AvgIpc) is 2.60. The van der Waals surface area contributed by atoms with Crippen LogP contribution in [-0.4, -0.2) is 21.5 Å². The molecule has 130 valence electrons. The number of hydrogen-bond donors (Lipinski definition) is 2. The smallest absolute Gasteiger partial charge is 0.291 e. The van der Waals surface area contributed by atoms with Crippen molar-refractivity contribution in [1.82, 2.24) is 10.4 Å². The van der Waals surface area contributed by atoms with Crippen molar-refractivity contribution in [2.45, 2.75) is 6.92 Å². The van der Waals surface area contributed by atoms with E-state index in [0.717, 1.165) is 0 Å². The minimum atomic E-state index is -0.798. The molecule has 0 atom stereocenters. The molecular weight excluding hydrogens is 393 g/mol. The summed E-state index contributed by atoms with van der Waals surface area (Å²) in [5, 5.41) is 14.4. The summed E-state index contributed by atoms with van der Waals surface area (Å²) in [6.45, 7) is 1.50. The van der Waals surface area contributed by atoms with E-state index in [4.69, 9.17) is 40.5 Å². The number of nitrogens with two attached hydrogens (primary N) is 1. The summed E-state index contributed by atoms with van der Waals surface area (Å²) in [5.74, 6) is -0.798. The number of hydrogen-bond acceptors (Lipinski definition) is 6. The number of hydrazone groups is 1. The molecule has 1 aromatic heterocycles. The van der Waals surface area contributed by atoms with Crippen molar-refractivity contribution in [3.8, 4) is 0 Å². The Morgan fingerprint density at radius 3 is 2.56 bits per heavy atom. The number of pyridine rings is 1. The molecule has 0 radical (unpaired) electrons. The Bertz CT molecular complexity index is 902. The second kappa shape index (κ2) is 7.64. The van der Waals surface area contributed by atoms with Crippen LogP contribution in [0, 0.1) is 10.1 Å². The van der Waals surface area contributed by atoms with Crippen molar-refractivity contribution in [3.63, 3.8) is 0 Å². The van der Waals surface area contributed by atoms with E-state index in [9.17, 15) is 14.9 Å². The molecule has 25 heavy (non-hydrogen) atoms. The fourth-order valence-electron chi connectivity index (χ4n) is 1.87. The fourth-order valence-corrected chi connectivity index (χ4v) is 2.46. The van der Waals surface area contributed by atoms with Crippen LogP contribution in [0.2, 0.25) is 15.2 Å². The molecule has 1 aromatic carbocycles. The summed E-state index contributed by atoms with van der Waals surface area (Å²) in [4.78, 5) is 26.4. The van der Waals surface area contributed by atoms with Crippen LogP contribution in [0.4, 0.5) is 11.4 Å². The van der Waals surface area contributed by atoms with E-state index in [1.54, 1.807) is 6.07 Å². The number of carbonyl (C=O) groups is 1. The number of carbonyl (C=O) groups excluding carboxylic acids is 1. The molecule has 0 spiro atoms. The molecule has 0 bridgehead atoms. The Morgan fingerprint density at radius 1 is 1.28 bits per heavy atom. The maximum atomic E-state index is 12.2. The molecule has 1 amide bonds. The number of nitro groups is 1. The van der Waals surface area contributed by atoms with E-state index in [2.05, 4.69) is 15.5 Å². The number of rotatable bonds is 4. The normalized spacial score (nSPS) is 11.3. The monoisotopic (exact) mass is 401 g/mol.